The Balaban J connectivity index is 1.32. The molecule has 3 aliphatic heterocycles. The standard InChI is InChI=1S/C20H32N4O/c1-16-21-19(18-7-13-25-15-18)14-20(22-16)24-11-5-17(6-12-24)4-10-23-8-2-3-9-23/h14,17-18H,2-13,15H2,1H3/t18-/m1/s1. The van der Waals surface area contributed by atoms with Crippen LogP contribution in [0.4, 0.5) is 5.82 Å². The predicted octanol–water partition coefficient (Wildman–Crippen LogP) is 2.99. The van der Waals surface area contributed by atoms with Crippen molar-refractivity contribution in [3.63, 3.8) is 0 Å². The highest BCUT2D eigenvalue weighted by atomic mass is 16.5. The molecular formula is C20H32N4O. The van der Waals surface area contributed by atoms with Crippen LogP contribution in [-0.4, -0.2) is 60.8 Å². The highest BCUT2D eigenvalue weighted by Gasteiger charge is 2.24. The van der Waals surface area contributed by atoms with Crippen molar-refractivity contribution in [3.05, 3.63) is 17.6 Å². The van der Waals surface area contributed by atoms with E-state index in [9.17, 15) is 0 Å². The number of nitrogens with zero attached hydrogens (tertiary/aromatic N) is 4. The van der Waals surface area contributed by atoms with Gasteiger partial charge in [-0.3, -0.25) is 0 Å². The zero-order chi connectivity index (χ0) is 17.1. The van der Waals surface area contributed by atoms with E-state index in [-0.39, 0.29) is 0 Å². The maximum absolute atomic E-state index is 5.54. The lowest BCUT2D eigenvalue weighted by Gasteiger charge is -2.33. The van der Waals surface area contributed by atoms with Gasteiger partial charge in [0.15, 0.2) is 0 Å². The van der Waals surface area contributed by atoms with E-state index in [1.807, 2.05) is 6.92 Å². The number of rotatable bonds is 5. The van der Waals surface area contributed by atoms with Gasteiger partial charge >= 0.3 is 0 Å². The Kier molecular flexibility index (Phi) is 5.51. The molecule has 1 aromatic heterocycles. The average Bonchev–Trinajstić information content (AvgIpc) is 3.33. The second-order valence-electron chi connectivity index (χ2n) is 8.03. The van der Waals surface area contributed by atoms with Crippen LogP contribution in [0.5, 0.6) is 0 Å². The van der Waals surface area contributed by atoms with E-state index in [2.05, 4.69) is 20.9 Å². The Bertz CT molecular complexity index is 559. The topological polar surface area (TPSA) is 41.5 Å². The fraction of sp³-hybridized carbons (Fsp3) is 0.800. The monoisotopic (exact) mass is 344 g/mol. The molecule has 5 heteroatoms. The summed E-state index contributed by atoms with van der Waals surface area (Å²) in [7, 11) is 0. The highest BCUT2D eigenvalue weighted by Crippen LogP contribution is 2.29. The molecule has 0 saturated carbocycles. The molecule has 1 aromatic rings. The van der Waals surface area contributed by atoms with E-state index in [0.29, 0.717) is 5.92 Å². The summed E-state index contributed by atoms with van der Waals surface area (Å²) in [5, 5.41) is 0. The van der Waals surface area contributed by atoms with Gasteiger partial charge in [-0.2, -0.15) is 0 Å². The van der Waals surface area contributed by atoms with E-state index in [1.54, 1.807) is 0 Å². The summed E-state index contributed by atoms with van der Waals surface area (Å²) in [4.78, 5) is 14.5. The van der Waals surface area contributed by atoms with Crippen LogP contribution in [0.1, 0.15) is 56.0 Å². The summed E-state index contributed by atoms with van der Waals surface area (Å²) in [6.45, 7) is 9.94. The first-order valence-electron chi connectivity index (χ1n) is 10.2. The molecule has 0 aliphatic carbocycles. The summed E-state index contributed by atoms with van der Waals surface area (Å²) >= 11 is 0. The minimum absolute atomic E-state index is 0.457. The van der Waals surface area contributed by atoms with Gasteiger partial charge in [0.25, 0.3) is 0 Å². The fourth-order valence-electron chi connectivity index (χ4n) is 4.54. The van der Waals surface area contributed by atoms with Crippen LogP contribution >= 0.6 is 0 Å². The molecule has 0 amide bonds. The third-order valence-electron chi connectivity index (χ3n) is 6.18. The quantitative estimate of drug-likeness (QED) is 0.821. The van der Waals surface area contributed by atoms with Gasteiger partial charge < -0.3 is 14.5 Å². The van der Waals surface area contributed by atoms with Crippen LogP contribution in [-0.2, 0) is 4.74 Å². The van der Waals surface area contributed by atoms with Crippen molar-refractivity contribution in [2.75, 3.05) is 50.8 Å². The van der Waals surface area contributed by atoms with Crippen LogP contribution in [0.2, 0.25) is 0 Å². The molecule has 3 saturated heterocycles. The summed E-state index contributed by atoms with van der Waals surface area (Å²) in [6.07, 6.45) is 7.88. The van der Waals surface area contributed by atoms with Crippen LogP contribution in [0.3, 0.4) is 0 Å². The third kappa shape index (κ3) is 4.32. The molecule has 0 radical (unpaired) electrons. The summed E-state index contributed by atoms with van der Waals surface area (Å²) in [6, 6.07) is 2.22. The SMILES string of the molecule is Cc1nc([C@@H]2CCOC2)cc(N2CCC(CCN3CCCC3)CC2)n1. The molecule has 0 spiro atoms. The van der Waals surface area contributed by atoms with E-state index in [1.165, 1.54) is 57.4 Å². The lowest BCUT2D eigenvalue weighted by atomic mass is 9.93. The number of aromatic nitrogens is 2. The predicted molar refractivity (Wildman–Crippen MR) is 100 cm³/mol. The van der Waals surface area contributed by atoms with E-state index in [0.717, 1.165) is 50.3 Å². The van der Waals surface area contributed by atoms with Crippen LogP contribution in [0, 0.1) is 12.8 Å². The zero-order valence-corrected chi connectivity index (χ0v) is 15.6. The molecule has 4 rings (SSSR count). The largest absolute Gasteiger partial charge is 0.381 e. The first-order chi connectivity index (χ1) is 12.3. The van der Waals surface area contributed by atoms with Crippen molar-refractivity contribution in [3.8, 4) is 0 Å². The Morgan fingerprint density at radius 3 is 2.60 bits per heavy atom. The second kappa shape index (κ2) is 8.00. The fourth-order valence-corrected chi connectivity index (χ4v) is 4.54. The second-order valence-corrected chi connectivity index (χ2v) is 8.03. The molecule has 0 N–H and O–H groups in total. The number of ether oxygens (including phenoxy) is 1. The Morgan fingerprint density at radius 2 is 1.88 bits per heavy atom. The summed E-state index contributed by atoms with van der Waals surface area (Å²) in [5.41, 5.74) is 1.18. The minimum atomic E-state index is 0.457. The van der Waals surface area contributed by atoms with Gasteiger partial charge in [0, 0.05) is 31.7 Å². The molecule has 25 heavy (non-hydrogen) atoms. The number of anilines is 1. The smallest absolute Gasteiger partial charge is 0.132 e. The summed E-state index contributed by atoms with van der Waals surface area (Å²) < 4.78 is 5.54. The van der Waals surface area contributed by atoms with Gasteiger partial charge in [0.05, 0.1) is 12.3 Å². The molecule has 3 fully saturated rings. The molecule has 138 valence electrons. The number of hydrogen-bond donors (Lipinski definition) is 0. The maximum Gasteiger partial charge on any atom is 0.132 e. The Morgan fingerprint density at radius 1 is 1.08 bits per heavy atom. The van der Waals surface area contributed by atoms with Crippen LogP contribution in [0.25, 0.3) is 0 Å². The third-order valence-corrected chi connectivity index (χ3v) is 6.18. The van der Waals surface area contributed by atoms with Crippen molar-refractivity contribution < 1.29 is 4.74 Å². The highest BCUT2D eigenvalue weighted by molar-refractivity contribution is 5.41. The molecule has 4 heterocycles. The number of piperidine rings is 1. The van der Waals surface area contributed by atoms with E-state index >= 15 is 0 Å². The van der Waals surface area contributed by atoms with E-state index < -0.39 is 0 Å². The maximum atomic E-state index is 5.54. The average molecular weight is 345 g/mol. The van der Waals surface area contributed by atoms with Gasteiger partial charge in [-0.1, -0.05) is 0 Å². The van der Waals surface area contributed by atoms with E-state index in [4.69, 9.17) is 9.72 Å². The lowest BCUT2D eigenvalue weighted by molar-refractivity contribution is 0.193. The zero-order valence-electron chi connectivity index (χ0n) is 15.6. The Hall–Kier alpha value is -1.20. The van der Waals surface area contributed by atoms with Gasteiger partial charge in [0.1, 0.15) is 11.6 Å². The van der Waals surface area contributed by atoms with Crippen molar-refractivity contribution in [1.82, 2.24) is 14.9 Å². The lowest BCUT2D eigenvalue weighted by Crippen LogP contribution is -2.35. The Labute approximate surface area is 151 Å². The van der Waals surface area contributed by atoms with Crippen LogP contribution < -0.4 is 4.90 Å². The van der Waals surface area contributed by atoms with Gasteiger partial charge in [0.2, 0.25) is 0 Å². The molecule has 0 bridgehead atoms. The van der Waals surface area contributed by atoms with Crippen molar-refractivity contribution in [2.24, 2.45) is 5.92 Å². The number of aryl methyl sites for hydroxylation is 1. The molecule has 5 nitrogen and oxygen atoms in total. The molecule has 3 aliphatic rings. The molecule has 0 aromatic carbocycles. The van der Waals surface area contributed by atoms with Crippen molar-refractivity contribution in [2.45, 2.75) is 51.4 Å². The number of likely N-dealkylation sites (tertiary alicyclic amines) is 1. The van der Waals surface area contributed by atoms with Crippen LogP contribution in [0.15, 0.2) is 6.07 Å². The normalized spacial score (nSPS) is 25.8. The molecule has 0 unspecified atom stereocenters. The van der Waals surface area contributed by atoms with Crippen molar-refractivity contribution in [1.29, 1.82) is 0 Å². The molecular weight excluding hydrogens is 312 g/mol. The first kappa shape index (κ1) is 17.2. The van der Waals surface area contributed by atoms with Gasteiger partial charge in [-0.05, 0) is 71.0 Å². The molecule has 1 atom stereocenters. The number of hydrogen-bond acceptors (Lipinski definition) is 5. The first-order valence-corrected chi connectivity index (χ1v) is 10.2. The summed E-state index contributed by atoms with van der Waals surface area (Å²) in [5.74, 6) is 3.38. The van der Waals surface area contributed by atoms with Gasteiger partial charge in [-0.25, -0.2) is 9.97 Å². The van der Waals surface area contributed by atoms with Crippen molar-refractivity contribution >= 4 is 5.82 Å². The minimum Gasteiger partial charge on any atom is -0.381 e. The van der Waals surface area contributed by atoms with Gasteiger partial charge in [-0.15, -0.1) is 0 Å².